The monoisotopic (exact) mass is 245 g/mol. The maximum absolute atomic E-state index is 11.9. The highest BCUT2D eigenvalue weighted by Crippen LogP contribution is 2.19. The number of aliphatic carboxylic acids is 1. The minimum absolute atomic E-state index is 0.0793. The fraction of sp³-hybridized carbons (Fsp3) is 0.700. The standard InChI is InChI=1S/C10H15NO4S/c1-2-6(5-16)9(13)11-4-7(12)3-8(11)10(14)15/h6,8,16H,2-5H2,1H3,(H,14,15)/t6?,8-/m0/s1. The van der Waals surface area contributed by atoms with Gasteiger partial charge in [0.2, 0.25) is 5.91 Å². The maximum Gasteiger partial charge on any atom is 0.326 e. The van der Waals surface area contributed by atoms with Crippen LogP contribution in [-0.2, 0) is 14.4 Å². The largest absolute Gasteiger partial charge is 0.480 e. The lowest BCUT2D eigenvalue weighted by Crippen LogP contribution is -2.44. The van der Waals surface area contributed by atoms with E-state index in [-0.39, 0.29) is 30.6 Å². The van der Waals surface area contributed by atoms with Crippen molar-refractivity contribution in [1.29, 1.82) is 0 Å². The highest BCUT2D eigenvalue weighted by atomic mass is 32.1. The van der Waals surface area contributed by atoms with Crippen LogP contribution in [0, 0.1) is 5.92 Å². The molecule has 0 bridgehead atoms. The van der Waals surface area contributed by atoms with Gasteiger partial charge in [0.25, 0.3) is 0 Å². The molecule has 1 fully saturated rings. The van der Waals surface area contributed by atoms with Gasteiger partial charge in [-0.25, -0.2) is 4.79 Å². The molecule has 1 amide bonds. The highest BCUT2D eigenvalue weighted by molar-refractivity contribution is 7.80. The first-order valence-electron chi connectivity index (χ1n) is 5.17. The van der Waals surface area contributed by atoms with Gasteiger partial charge in [-0.1, -0.05) is 6.92 Å². The molecule has 1 saturated heterocycles. The predicted molar refractivity (Wildman–Crippen MR) is 60.4 cm³/mol. The van der Waals surface area contributed by atoms with Crippen LogP contribution in [0.5, 0.6) is 0 Å². The van der Waals surface area contributed by atoms with E-state index in [0.29, 0.717) is 12.2 Å². The van der Waals surface area contributed by atoms with Crippen molar-refractivity contribution >= 4 is 30.3 Å². The van der Waals surface area contributed by atoms with Crippen molar-refractivity contribution in [3.05, 3.63) is 0 Å². The Morgan fingerprint density at radius 3 is 2.69 bits per heavy atom. The fourth-order valence-electron chi connectivity index (χ4n) is 1.76. The Bertz CT molecular complexity index is 314. The van der Waals surface area contributed by atoms with Crippen LogP contribution in [0.15, 0.2) is 0 Å². The van der Waals surface area contributed by atoms with Crippen molar-refractivity contribution in [3.63, 3.8) is 0 Å². The Kier molecular flexibility index (Phi) is 4.35. The third-order valence-electron chi connectivity index (χ3n) is 2.77. The smallest absolute Gasteiger partial charge is 0.326 e. The van der Waals surface area contributed by atoms with Crippen LogP contribution in [0.4, 0.5) is 0 Å². The summed E-state index contributed by atoms with van der Waals surface area (Å²) in [5.41, 5.74) is 0. The number of thiol groups is 1. The van der Waals surface area contributed by atoms with Crippen molar-refractivity contribution < 1.29 is 19.5 Å². The first-order chi connectivity index (χ1) is 7.51. The first-order valence-corrected chi connectivity index (χ1v) is 5.80. The van der Waals surface area contributed by atoms with Gasteiger partial charge in [0.1, 0.15) is 6.04 Å². The molecule has 0 spiro atoms. The third kappa shape index (κ3) is 2.55. The van der Waals surface area contributed by atoms with E-state index in [4.69, 9.17) is 5.11 Å². The second-order valence-electron chi connectivity index (χ2n) is 3.85. The highest BCUT2D eigenvalue weighted by Gasteiger charge is 2.40. The minimum Gasteiger partial charge on any atom is -0.480 e. The van der Waals surface area contributed by atoms with Crippen LogP contribution >= 0.6 is 12.6 Å². The quantitative estimate of drug-likeness (QED) is 0.694. The fourth-order valence-corrected chi connectivity index (χ4v) is 2.17. The Balaban J connectivity index is 2.81. The molecular weight excluding hydrogens is 230 g/mol. The van der Waals surface area contributed by atoms with Gasteiger partial charge < -0.3 is 10.0 Å². The molecule has 0 radical (unpaired) electrons. The van der Waals surface area contributed by atoms with Crippen LogP contribution in [-0.4, -0.2) is 46.0 Å². The zero-order valence-electron chi connectivity index (χ0n) is 9.05. The average molecular weight is 245 g/mol. The van der Waals surface area contributed by atoms with Crippen LogP contribution in [0.1, 0.15) is 19.8 Å². The van der Waals surface area contributed by atoms with Gasteiger partial charge >= 0.3 is 5.97 Å². The Hall–Kier alpha value is -1.04. The van der Waals surface area contributed by atoms with E-state index in [9.17, 15) is 14.4 Å². The summed E-state index contributed by atoms with van der Waals surface area (Å²) in [6.07, 6.45) is 0.517. The van der Waals surface area contributed by atoms with Crippen molar-refractivity contribution in [2.75, 3.05) is 12.3 Å². The maximum atomic E-state index is 11.9. The third-order valence-corrected chi connectivity index (χ3v) is 3.22. The molecule has 1 aliphatic heterocycles. The van der Waals surface area contributed by atoms with E-state index in [1.54, 1.807) is 0 Å². The van der Waals surface area contributed by atoms with E-state index in [0.717, 1.165) is 4.90 Å². The molecule has 0 aromatic carbocycles. The summed E-state index contributed by atoms with van der Waals surface area (Å²) in [5.74, 6) is -1.54. The zero-order valence-corrected chi connectivity index (χ0v) is 9.94. The number of carboxylic acid groups (broad SMARTS) is 1. The van der Waals surface area contributed by atoms with Gasteiger partial charge in [-0.3, -0.25) is 9.59 Å². The number of amides is 1. The van der Waals surface area contributed by atoms with E-state index < -0.39 is 12.0 Å². The molecule has 1 heterocycles. The lowest BCUT2D eigenvalue weighted by atomic mass is 10.1. The van der Waals surface area contributed by atoms with E-state index in [1.807, 2.05) is 6.92 Å². The molecule has 0 aromatic rings. The molecule has 0 aromatic heterocycles. The minimum atomic E-state index is -1.12. The van der Waals surface area contributed by atoms with Gasteiger partial charge in [0, 0.05) is 18.1 Å². The lowest BCUT2D eigenvalue weighted by molar-refractivity contribution is -0.149. The summed E-state index contributed by atoms with van der Waals surface area (Å²) in [5, 5.41) is 8.91. The molecule has 0 saturated carbocycles. The van der Waals surface area contributed by atoms with Crippen molar-refractivity contribution in [2.24, 2.45) is 5.92 Å². The van der Waals surface area contributed by atoms with Gasteiger partial charge in [0.05, 0.1) is 6.54 Å². The number of nitrogens with zero attached hydrogens (tertiary/aromatic N) is 1. The summed E-state index contributed by atoms with van der Waals surface area (Å²) in [4.78, 5) is 35.2. The number of carbonyl (C=O) groups is 3. The van der Waals surface area contributed by atoms with Gasteiger partial charge in [-0.2, -0.15) is 12.6 Å². The first kappa shape index (κ1) is 13.0. The Labute approximate surface area is 99.2 Å². The Morgan fingerprint density at radius 2 is 2.25 bits per heavy atom. The molecule has 1 unspecified atom stereocenters. The number of rotatable bonds is 4. The van der Waals surface area contributed by atoms with Crippen LogP contribution in [0.2, 0.25) is 0 Å². The number of hydrogen-bond acceptors (Lipinski definition) is 4. The normalized spacial score (nSPS) is 22.2. The van der Waals surface area contributed by atoms with Crippen LogP contribution in [0.3, 0.4) is 0 Å². The van der Waals surface area contributed by atoms with Crippen molar-refractivity contribution in [2.45, 2.75) is 25.8 Å². The number of Topliss-reactive ketones (excluding diaryl/α,β-unsaturated/α-hetero) is 1. The number of likely N-dealkylation sites (tertiary alicyclic amines) is 1. The van der Waals surface area contributed by atoms with Crippen molar-refractivity contribution in [1.82, 2.24) is 4.90 Å². The molecule has 0 aliphatic carbocycles. The number of hydrogen-bond donors (Lipinski definition) is 2. The topological polar surface area (TPSA) is 74.7 Å². The molecule has 16 heavy (non-hydrogen) atoms. The molecule has 2 atom stereocenters. The second kappa shape index (κ2) is 5.34. The SMILES string of the molecule is CCC(CS)C(=O)N1CC(=O)C[C@H]1C(=O)O. The summed E-state index contributed by atoms with van der Waals surface area (Å²) in [7, 11) is 0. The van der Waals surface area contributed by atoms with Gasteiger partial charge in [-0.15, -0.1) is 0 Å². The summed E-state index contributed by atoms with van der Waals surface area (Å²) in [6.45, 7) is 1.76. The molecular formula is C10H15NO4S. The molecule has 1 aliphatic rings. The summed E-state index contributed by atoms with van der Waals surface area (Å²) >= 11 is 4.05. The predicted octanol–water partition coefficient (Wildman–Crippen LogP) is 0.197. The lowest BCUT2D eigenvalue weighted by Gasteiger charge is -2.24. The average Bonchev–Trinajstić information content (AvgIpc) is 2.62. The zero-order chi connectivity index (χ0) is 12.3. The van der Waals surface area contributed by atoms with Crippen molar-refractivity contribution in [3.8, 4) is 0 Å². The molecule has 5 nitrogen and oxygen atoms in total. The van der Waals surface area contributed by atoms with E-state index in [2.05, 4.69) is 12.6 Å². The summed E-state index contributed by atoms with van der Waals surface area (Å²) < 4.78 is 0. The second-order valence-corrected chi connectivity index (χ2v) is 4.22. The number of carboxylic acids is 1. The Morgan fingerprint density at radius 1 is 1.62 bits per heavy atom. The molecule has 6 heteroatoms. The van der Waals surface area contributed by atoms with Gasteiger partial charge in [0.15, 0.2) is 5.78 Å². The van der Waals surface area contributed by atoms with Crippen LogP contribution in [0.25, 0.3) is 0 Å². The van der Waals surface area contributed by atoms with Crippen LogP contribution < -0.4 is 0 Å². The molecule has 1 rings (SSSR count). The molecule has 1 N–H and O–H groups in total. The molecule has 90 valence electrons. The van der Waals surface area contributed by atoms with E-state index >= 15 is 0 Å². The van der Waals surface area contributed by atoms with E-state index in [1.165, 1.54) is 0 Å². The summed E-state index contributed by atoms with van der Waals surface area (Å²) in [6, 6.07) is -0.992. The number of carbonyl (C=O) groups excluding carboxylic acids is 2. The van der Waals surface area contributed by atoms with Gasteiger partial charge in [-0.05, 0) is 6.42 Å². The number of ketones is 1.